The Bertz CT molecular complexity index is 983. The standard InChI is InChI=1S/C17H14F6N4O3/c18-16(19,20)8-3-1-2-7(28)4-5-11(29)12-9(17(21,22)23)6-10(24)13(25-12)15-27-26-14(8)30-15/h6,8H,1-5,24H2. The highest BCUT2D eigenvalue weighted by atomic mass is 19.4. The molecule has 1 unspecified atom stereocenters. The SMILES string of the molecule is Nc1cc(C(F)(F)F)c2nc1-c1nnc(o1)C(C(F)(F)F)CCCC(=O)CCC2=O. The third kappa shape index (κ3) is 4.44. The molecule has 2 aromatic rings. The van der Waals surface area contributed by atoms with Gasteiger partial charge in [-0.1, -0.05) is 0 Å². The minimum Gasteiger partial charge on any atom is -0.419 e. The number of pyridine rings is 1. The molecular weight excluding hydrogens is 422 g/mol. The molecule has 162 valence electrons. The van der Waals surface area contributed by atoms with Crippen molar-refractivity contribution in [1.29, 1.82) is 0 Å². The molecule has 0 radical (unpaired) electrons. The van der Waals surface area contributed by atoms with E-state index >= 15 is 0 Å². The number of hydrogen-bond acceptors (Lipinski definition) is 7. The first-order valence-electron chi connectivity index (χ1n) is 8.71. The number of halogens is 6. The number of nitrogens with zero attached hydrogens (tertiary/aromatic N) is 3. The van der Waals surface area contributed by atoms with Crippen molar-refractivity contribution in [1.82, 2.24) is 15.2 Å². The Labute approximate surface area is 164 Å². The van der Waals surface area contributed by atoms with Crippen LogP contribution in [0.5, 0.6) is 0 Å². The van der Waals surface area contributed by atoms with Gasteiger partial charge in [0.15, 0.2) is 11.5 Å². The van der Waals surface area contributed by atoms with Gasteiger partial charge in [-0.05, 0) is 18.9 Å². The number of hydrogen-bond donors (Lipinski definition) is 1. The van der Waals surface area contributed by atoms with E-state index in [1.807, 2.05) is 0 Å². The van der Waals surface area contributed by atoms with Gasteiger partial charge in [0, 0.05) is 19.3 Å². The monoisotopic (exact) mass is 436 g/mol. The molecule has 30 heavy (non-hydrogen) atoms. The van der Waals surface area contributed by atoms with E-state index in [0.717, 1.165) is 0 Å². The number of nitrogen functional groups attached to an aromatic ring is 1. The molecule has 1 atom stereocenters. The molecule has 13 heteroatoms. The van der Waals surface area contributed by atoms with Crippen LogP contribution in [-0.2, 0) is 11.0 Å². The number of fused-ring (bicyclic) bond motifs is 5. The molecular formula is C17H14F6N4O3. The highest BCUT2D eigenvalue weighted by Gasteiger charge is 2.44. The van der Waals surface area contributed by atoms with Crippen LogP contribution >= 0.6 is 0 Å². The molecule has 3 heterocycles. The number of rotatable bonds is 0. The fourth-order valence-electron chi connectivity index (χ4n) is 3.03. The van der Waals surface area contributed by atoms with Crippen LogP contribution in [0, 0.1) is 0 Å². The van der Waals surface area contributed by atoms with Gasteiger partial charge in [-0.25, -0.2) is 4.98 Å². The average molecular weight is 436 g/mol. The minimum atomic E-state index is -4.98. The summed E-state index contributed by atoms with van der Waals surface area (Å²) in [6.45, 7) is 0. The van der Waals surface area contributed by atoms with Crippen LogP contribution in [0.3, 0.4) is 0 Å². The quantitative estimate of drug-likeness (QED) is 0.619. The van der Waals surface area contributed by atoms with Crippen LogP contribution in [0.2, 0.25) is 0 Å². The van der Waals surface area contributed by atoms with Crippen molar-refractivity contribution >= 4 is 17.3 Å². The van der Waals surface area contributed by atoms with Crippen molar-refractivity contribution in [3.8, 4) is 11.6 Å². The zero-order chi connectivity index (χ0) is 22.3. The highest BCUT2D eigenvalue weighted by Crippen LogP contribution is 2.40. The van der Waals surface area contributed by atoms with E-state index in [-0.39, 0.29) is 12.8 Å². The molecule has 0 fully saturated rings. The molecule has 1 aliphatic heterocycles. The normalized spacial score (nSPS) is 18.9. The van der Waals surface area contributed by atoms with E-state index in [9.17, 15) is 35.9 Å². The summed E-state index contributed by atoms with van der Waals surface area (Å²) in [5.41, 5.74) is 1.97. The minimum absolute atomic E-state index is 0.186. The predicted octanol–water partition coefficient (Wildman–Crippen LogP) is 4.09. The van der Waals surface area contributed by atoms with Crippen LogP contribution in [0.15, 0.2) is 10.5 Å². The van der Waals surface area contributed by atoms with Crippen molar-refractivity contribution in [2.24, 2.45) is 0 Å². The number of Topliss-reactive ketones (excluding diaryl/α,β-unsaturated/α-hetero) is 2. The highest BCUT2D eigenvalue weighted by molar-refractivity contribution is 5.99. The Morgan fingerprint density at radius 2 is 1.70 bits per heavy atom. The van der Waals surface area contributed by atoms with Gasteiger partial charge in [0.2, 0.25) is 5.89 Å². The lowest BCUT2D eigenvalue weighted by molar-refractivity contribution is -0.157. The maximum absolute atomic E-state index is 13.4. The molecule has 2 aromatic heterocycles. The second-order valence-electron chi connectivity index (χ2n) is 6.71. The van der Waals surface area contributed by atoms with Crippen LogP contribution in [0.25, 0.3) is 11.6 Å². The lowest BCUT2D eigenvalue weighted by Crippen LogP contribution is -2.21. The smallest absolute Gasteiger partial charge is 0.418 e. The number of carbonyl (C=O) groups excluding carboxylic acids is 2. The van der Waals surface area contributed by atoms with Crippen molar-refractivity contribution < 1.29 is 40.3 Å². The summed E-state index contributed by atoms with van der Waals surface area (Å²) in [5.74, 6) is -5.28. The summed E-state index contributed by atoms with van der Waals surface area (Å²) in [6, 6.07) is 0.425. The first kappa shape index (κ1) is 21.7. The van der Waals surface area contributed by atoms with Crippen LogP contribution in [0.1, 0.15) is 60.0 Å². The zero-order valence-corrected chi connectivity index (χ0v) is 15.1. The van der Waals surface area contributed by atoms with Gasteiger partial charge in [0.25, 0.3) is 5.89 Å². The first-order chi connectivity index (χ1) is 13.9. The number of alkyl halides is 6. The van der Waals surface area contributed by atoms with Gasteiger partial charge in [0.05, 0.1) is 11.3 Å². The third-order valence-electron chi connectivity index (χ3n) is 4.54. The van der Waals surface area contributed by atoms with E-state index < -0.39 is 83.5 Å². The van der Waals surface area contributed by atoms with Gasteiger partial charge >= 0.3 is 12.4 Å². The third-order valence-corrected chi connectivity index (χ3v) is 4.54. The van der Waals surface area contributed by atoms with E-state index in [1.54, 1.807) is 0 Å². The molecule has 0 saturated heterocycles. The number of nitrogens with two attached hydrogens (primary N) is 1. The summed E-state index contributed by atoms with van der Waals surface area (Å²) in [4.78, 5) is 27.8. The molecule has 1 aliphatic rings. The van der Waals surface area contributed by atoms with Crippen molar-refractivity contribution in [3.63, 3.8) is 0 Å². The van der Waals surface area contributed by atoms with E-state index in [1.165, 1.54) is 0 Å². The molecule has 3 rings (SSSR count). The van der Waals surface area contributed by atoms with Gasteiger partial charge in [-0.2, -0.15) is 26.3 Å². The molecule has 0 aliphatic carbocycles. The predicted molar refractivity (Wildman–Crippen MR) is 88.2 cm³/mol. The topological polar surface area (TPSA) is 112 Å². The van der Waals surface area contributed by atoms with Crippen LogP contribution in [-0.4, -0.2) is 32.9 Å². The number of ketones is 2. The largest absolute Gasteiger partial charge is 0.419 e. The number of anilines is 1. The van der Waals surface area contributed by atoms with Crippen molar-refractivity contribution in [2.45, 2.75) is 50.4 Å². The zero-order valence-electron chi connectivity index (χ0n) is 15.1. The van der Waals surface area contributed by atoms with E-state index in [4.69, 9.17) is 10.2 Å². The lowest BCUT2D eigenvalue weighted by Gasteiger charge is -2.17. The maximum atomic E-state index is 13.4. The molecule has 0 spiro atoms. The Morgan fingerprint density at radius 1 is 1.00 bits per heavy atom. The van der Waals surface area contributed by atoms with Crippen LogP contribution < -0.4 is 5.73 Å². The Balaban J connectivity index is 2.18. The van der Waals surface area contributed by atoms with E-state index in [0.29, 0.717) is 6.07 Å². The van der Waals surface area contributed by atoms with Gasteiger partial charge in [-0.3, -0.25) is 9.59 Å². The fraction of sp³-hybridized carbons (Fsp3) is 0.471. The van der Waals surface area contributed by atoms with Gasteiger partial charge in [-0.15, -0.1) is 10.2 Å². The lowest BCUT2D eigenvalue weighted by atomic mass is 9.97. The second-order valence-corrected chi connectivity index (χ2v) is 6.71. The summed E-state index contributed by atoms with van der Waals surface area (Å²) in [5, 5.41) is 6.76. The summed E-state index contributed by atoms with van der Waals surface area (Å²) >= 11 is 0. The van der Waals surface area contributed by atoms with Crippen molar-refractivity contribution in [2.75, 3.05) is 5.73 Å². The first-order valence-corrected chi connectivity index (χ1v) is 8.71. The maximum Gasteiger partial charge on any atom is 0.418 e. The molecule has 7 nitrogen and oxygen atoms in total. The average Bonchev–Trinajstić information content (AvgIpc) is 3.09. The molecule has 2 N–H and O–H groups in total. The summed E-state index contributed by atoms with van der Waals surface area (Å²) < 4.78 is 85.2. The molecule has 4 bridgehead atoms. The number of carbonyl (C=O) groups is 2. The molecule has 0 saturated carbocycles. The summed E-state index contributed by atoms with van der Waals surface area (Å²) in [7, 11) is 0. The van der Waals surface area contributed by atoms with Gasteiger partial charge < -0.3 is 10.2 Å². The Morgan fingerprint density at radius 3 is 2.33 bits per heavy atom. The van der Waals surface area contributed by atoms with Crippen molar-refractivity contribution in [3.05, 3.63) is 23.2 Å². The number of aromatic nitrogens is 3. The second kappa shape index (κ2) is 7.69. The van der Waals surface area contributed by atoms with Gasteiger partial charge in [0.1, 0.15) is 17.4 Å². The molecule has 0 amide bonds. The van der Waals surface area contributed by atoms with E-state index in [2.05, 4.69) is 15.2 Å². The Hall–Kier alpha value is -2.99. The van der Waals surface area contributed by atoms with Crippen LogP contribution in [0.4, 0.5) is 32.0 Å². The fourth-order valence-corrected chi connectivity index (χ4v) is 3.03. The summed E-state index contributed by atoms with van der Waals surface area (Å²) in [6.07, 6.45) is -11.7. The molecule has 0 aromatic carbocycles. The Kier molecular flexibility index (Phi) is 5.56.